The van der Waals surface area contributed by atoms with Crippen molar-refractivity contribution in [3.05, 3.63) is 0 Å². The molecule has 2 aliphatic rings. The van der Waals surface area contributed by atoms with E-state index in [1.807, 2.05) is 45.2 Å². The van der Waals surface area contributed by atoms with Crippen molar-refractivity contribution in [2.45, 2.75) is 37.1 Å². The first-order valence-corrected chi connectivity index (χ1v) is 10.7. The largest absolute Gasteiger partial charge is 0.480 e. The van der Waals surface area contributed by atoms with E-state index in [1.54, 1.807) is 0 Å². The van der Waals surface area contributed by atoms with E-state index in [9.17, 15) is 29.4 Å². The highest BCUT2D eigenvalue weighted by atomic mass is 127. The molecule has 0 aliphatic carbocycles. The maximum absolute atomic E-state index is 12.4. The summed E-state index contributed by atoms with van der Waals surface area (Å²) in [5.74, 6) is -2.41. The summed E-state index contributed by atoms with van der Waals surface area (Å²) in [6.45, 7) is 0.0868. The number of nitrogens with zero attached hydrogens (tertiary/aromatic N) is 2. The van der Waals surface area contributed by atoms with E-state index >= 15 is 0 Å². The quantitative estimate of drug-likeness (QED) is 0.254. The van der Waals surface area contributed by atoms with Crippen LogP contribution < -0.4 is 0 Å². The average Bonchev–Trinajstić information content (AvgIpc) is 3.17. The number of carbonyl (C=O) groups is 4. The molecule has 2 amide bonds. The number of rotatable bonds is 5. The van der Waals surface area contributed by atoms with Crippen molar-refractivity contribution in [1.29, 1.82) is 0 Å². The van der Waals surface area contributed by atoms with E-state index in [-0.39, 0.29) is 46.6 Å². The van der Waals surface area contributed by atoms with Gasteiger partial charge in [0.15, 0.2) is 0 Å². The number of ether oxygens (including phenoxy) is 1. The molecule has 0 spiro atoms. The molecule has 2 saturated heterocycles. The van der Waals surface area contributed by atoms with Gasteiger partial charge in [-0.2, -0.15) is 0 Å². The van der Waals surface area contributed by atoms with Crippen LogP contribution in [0.3, 0.4) is 0 Å². The lowest BCUT2D eigenvalue weighted by atomic mass is 10.2. The predicted octanol–water partition coefficient (Wildman–Crippen LogP) is -0.585. The van der Waals surface area contributed by atoms with Crippen molar-refractivity contribution >= 4 is 68.9 Å². The zero-order valence-corrected chi connectivity index (χ0v) is 17.5. The minimum absolute atomic E-state index is 0.0129. The van der Waals surface area contributed by atoms with Gasteiger partial charge < -0.3 is 24.7 Å². The van der Waals surface area contributed by atoms with Crippen molar-refractivity contribution in [1.82, 2.24) is 9.80 Å². The van der Waals surface area contributed by atoms with Crippen LogP contribution in [0.2, 0.25) is 0 Å². The fourth-order valence-electron chi connectivity index (χ4n) is 3.10. The summed E-state index contributed by atoms with van der Waals surface area (Å²) in [7, 11) is 0. The van der Waals surface area contributed by atoms with Crippen molar-refractivity contribution in [2.75, 3.05) is 21.9 Å². The number of amides is 2. The second-order valence-corrected chi connectivity index (χ2v) is 7.44. The maximum Gasteiger partial charge on any atom is 0.329 e. The fourth-order valence-corrected chi connectivity index (χ4v) is 3.98. The standard InChI is InChI=1S/C14H18I2N2O7/c15-3-11(20)17-5-7(19)1-10(17)14(24)25-8-2-9(13(22)23)18(6-8)12(21)4-16/h7-10,19H,1-6H2,(H,22,23)/t7-,8-,9-,10-/m1/s1. The molecule has 0 saturated carbocycles. The van der Waals surface area contributed by atoms with E-state index in [0.29, 0.717) is 0 Å². The lowest BCUT2D eigenvalue weighted by Gasteiger charge is -2.23. The lowest BCUT2D eigenvalue weighted by molar-refractivity contribution is -0.157. The van der Waals surface area contributed by atoms with Gasteiger partial charge in [0.2, 0.25) is 11.8 Å². The van der Waals surface area contributed by atoms with Crippen LogP contribution in [-0.2, 0) is 23.9 Å². The second kappa shape index (κ2) is 8.79. The van der Waals surface area contributed by atoms with Crippen LogP contribution in [-0.4, -0.2) is 90.0 Å². The molecular weight excluding hydrogens is 562 g/mol. The molecule has 4 atom stereocenters. The lowest BCUT2D eigenvalue weighted by Crippen LogP contribution is -2.43. The van der Waals surface area contributed by atoms with Crippen molar-refractivity contribution in [3.8, 4) is 0 Å². The molecule has 11 heteroatoms. The average molecular weight is 580 g/mol. The smallest absolute Gasteiger partial charge is 0.329 e. The molecule has 0 radical (unpaired) electrons. The first kappa shape index (κ1) is 20.6. The zero-order chi connectivity index (χ0) is 18.7. The number of carbonyl (C=O) groups excluding carboxylic acids is 3. The number of β-amino-alcohol motifs (C(OH)–C–C–N with tert-alkyl or cyclic N) is 1. The Hall–Kier alpha value is -0.700. The third kappa shape index (κ3) is 4.72. The molecule has 140 valence electrons. The number of aliphatic hydroxyl groups is 1. The normalized spacial score (nSPS) is 28.9. The summed E-state index contributed by atoms with van der Waals surface area (Å²) in [5.41, 5.74) is 0. The molecule has 2 N–H and O–H groups in total. The van der Waals surface area contributed by atoms with Crippen LogP contribution in [0.25, 0.3) is 0 Å². The maximum atomic E-state index is 12.4. The first-order valence-electron chi connectivity index (χ1n) is 7.60. The summed E-state index contributed by atoms with van der Waals surface area (Å²) in [4.78, 5) is 50.0. The summed E-state index contributed by atoms with van der Waals surface area (Å²) < 4.78 is 5.68. The van der Waals surface area contributed by atoms with Crippen molar-refractivity contribution < 1.29 is 34.1 Å². The van der Waals surface area contributed by atoms with Gasteiger partial charge >= 0.3 is 11.9 Å². The Morgan fingerprint density at radius 1 is 0.960 bits per heavy atom. The molecule has 2 aliphatic heterocycles. The van der Waals surface area contributed by atoms with Crippen molar-refractivity contribution in [3.63, 3.8) is 0 Å². The topological polar surface area (TPSA) is 124 Å². The van der Waals surface area contributed by atoms with Crippen LogP contribution >= 0.6 is 45.2 Å². The molecule has 2 rings (SSSR count). The number of hydrogen-bond donors (Lipinski definition) is 2. The van der Waals surface area contributed by atoms with Gasteiger partial charge in [0.05, 0.1) is 21.5 Å². The number of aliphatic hydroxyl groups excluding tert-OH is 1. The number of alkyl halides is 2. The molecule has 9 nitrogen and oxygen atoms in total. The van der Waals surface area contributed by atoms with Gasteiger partial charge in [-0.25, -0.2) is 9.59 Å². The summed E-state index contributed by atoms with van der Waals surface area (Å²) >= 11 is 3.73. The third-order valence-electron chi connectivity index (χ3n) is 4.25. The predicted molar refractivity (Wildman–Crippen MR) is 102 cm³/mol. The minimum Gasteiger partial charge on any atom is -0.480 e. The SMILES string of the molecule is O=C(O)[C@H]1C[C@@H](OC(=O)[C@H]2C[C@@H](O)CN2C(=O)CI)CN1C(=O)CI. The van der Waals surface area contributed by atoms with Gasteiger partial charge in [0, 0.05) is 19.4 Å². The van der Waals surface area contributed by atoms with Crippen LogP contribution in [0.4, 0.5) is 0 Å². The highest BCUT2D eigenvalue weighted by Crippen LogP contribution is 2.25. The van der Waals surface area contributed by atoms with Gasteiger partial charge in [0.25, 0.3) is 0 Å². The fraction of sp³-hybridized carbons (Fsp3) is 0.714. The number of carboxylic acids is 1. The Balaban J connectivity index is 2.04. The second-order valence-electron chi connectivity index (χ2n) is 5.91. The van der Waals surface area contributed by atoms with E-state index in [2.05, 4.69) is 0 Å². The van der Waals surface area contributed by atoms with Crippen LogP contribution in [0, 0.1) is 0 Å². The summed E-state index contributed by atoms with van der Waals surface area (Å²) in [5, 5.41) is 19.0. The van der Waals surface area contributed by atoms with Crippen LogP contribution in [0.15, 0.2) is 0 Å². The molecule has 2 fully saturated rings. The number of esters is 1. The Kier molecular flexibility index (Phi) is 7.25. The van der Waals surface area contributed by atoms with E-state index < -0.39 is 36.2 Å². The van der Waals surface area contributed by atoms with Gasteiger partial charge in [-0.3, -0.25) is 9.59 Å². The molecule has 25 heavy (non-hydrogen) atoms. The molecule has 0 aromatic heterocycles. The highest BCUT2D eigenvalue weighted by molar-refractivity contribution is 14.1. The van der Waals surface area contributed by atoms with Gasteiger partial charge in [-0.1, -0.05) is 45.2 Å². The number of hydrogen-bond acceptors (Lipinski definition) is 6. The summed E-state index contributed by atoms with van der Waals surface area (Å²) in [6.07, 6.45) is -1.43. The molecule has 0 aromatic rings. The first-order chi connectivity index (χ1) is 11.8. The number of aliphatic carboxylic acids is 1. The minimum atomic E-state index is -1.14. The Bertz CT molecular complexity index is 573. The van der Waals surface area contributed by atoms with Crippen LogP contribution in [0.5, 0.6) is 0 Å². The number of likely N-dealkylation sites (tertiary alicyclic amines) is 2. The van der Waals surface area contributed by atoms with E-state index in [4.69, 9.17) is 4.74 Å². The zero-order valence-electron chi connectivity index (χ0n) is 13.1. The molecule has 0 aromatic carbocycles. The molecule has 2 heterocycles. The monoisotopic (exact) mass is 580 g/mol. The van der Waals surface area contributed by atoms with Crippen LogP contribution in [0.1, 0.15) is 12.8 Å². The summed E-state index contributed by atoms with van der Waals surface area (Å²) in [6, 6.07) is -1.91. The van der Waals surface area contributed by atoms with Gasteiger partial charge in [-0.15, -0.1) is 0 Å². The molecule has 0 bridgehead atoms. The van der Waals surface area contributed by atoms with E-state index in [0.717, 1.165) is 0 Å². The highest BCUT2D eigenvalue weighted by Gasteiger charge is 2.44. The molecule has 0 unspecified atom stereocenters. The Labute approximate surface area is 171 Å². The van der Waals surface area contributed by atoms with Crippen molar-refractivity contribution in [2.24, 2.45) is 0 Å². The Morgan fingerprint density at radius 2 is 1.52 bits per heavy atom. The van der Waals surface area contributed by atoms with Gasteiger partial charge in [-0.05, 0) is 0 Å². The van der Waals surface area contributed by atoms with Gasteiger partial charge in [0.1, 0.15) is 18.2 Å². The van der Waals surface area contributed by atoms with E-state index in [1.165, 1.54) is 9.80 Å². The number of carboxylic acid groups (broad SMARTS) is 1. The molecular formula is C14H18I2N2O7. The third-order valence-corrected chi connectivity index (χ3v) is 5.56. The number of halogens is 2. The Morgan fingerprint density at radius 3 is 2.04 bits per heavy atom.